The van der Waals surface area contributed by atoms with Crippen LogP contribution in [0.25, 0.3) is 21.5 Å². The average molecular weight is 465 g/mol. The molecule has 0 fully saturated rings. The number of nitrogens with two attached hydrogens (primary N) is 2. The second-order valence-corrected chi connectivity index (χ2v) is 8.62. The van der Waals surface area contributed by atoms with Crippen LogP contribution in [0.1, 0.15) is 11.1 Å². The Labute approximate surface area is 199 Å². The van der Waals surface area contributed by atoms with Gasteiger partial charge in [-0.1, -0.05) is 60.7 Å². The summed E-state index contributed by atoms with van der Waals surface area (Å²) in [4.78, 5) is 0. The van der Waals surface area contributed by atoms with Crippen molar-refractivity contribution >= 4 is 45.9 Å². The van der Waals surface area contributed by atoms with E-state index >= 15 is 0 Å². The van der Waals surface area contributed by atoms with Crippen LogP contribution < -0.4 is 20.9 Å². The van der Waals surface area contributed by atoms with Crippen LogP contribution in [0.3, 0.4) is 0 Å². The van der Waals surface area contributed by atoms with Crippen molar-refractivity contribution < 1.29 is 9.47 Å². The van der Waals surface area contributed by atoms with Crippen molar-refractivity contribution in [3.8, 4) is 11.5 Å². The summed E-state index contributed by atoms with van der Waals surface area (Å²) in [6.45, 7) is 2.08. The zero-order valence-corrected chi connectivity index (χ0v) is 20.2. The SMILES string of the molecule is COc1ccc2ccccc2c1C.COc1ccc2ccccc2c1CS/C(N)=C(\N)S. The Kier molecular flexibility index (Phi) is 8.20. The van der Waals surface area contributed by atoms with Crippen LogP contribution >= 0.6 is 24.4 Å². The van der Waals surface area contributed by atoms with Crippen molar-refractivity contribution in [3.05, 3.63) is 94.0 Å². The molecule has 0 aromatic heterocycles. The summed E-state index contributed by atoms with van der Waals surface area (Å²) >= 11 is 5.50. The molecule has 0 spiro atoms. The second kappa shape index (κ2) is 11.1. The molecule has 0 amide bonds. The number of thioether (sulfide) groups is 1. The van der Waals surface area contributed by atoms with E-state index in [1.54, 1.807) is 14.2 Å². The Bertz CT molecular complexity index is 1250. The topological polar surface area (TPSA) is 70.5 Å². The molecule has 4 aromatic carbocycles. The number of benzene rings is 4. The fraction of sp³-hybridized carbons (Fsp3) is 0.154. The summed E-state index contributed by atoms with van der Waals surface area (Å²) in [6, 6.07) is 24.6. The molecule has 0 heterocycles. The van der Waals surface area contributed by atoms with Gasteiger partial charge in [0.15, 0.2) is 0 Å². The summed E-state index contributed by atoms with van der Waals surface area (Å²) in [6.07, 6.45) is 0. The number of thiol groups is 1. The van der Waals surface area contributed by atoms with Crippen LogP contribution in [0.4, 0.5) is 0 Å². The lowest BCUT2D eigenvalue weighted by molar-refractivity contribution is 0.412. The van der Waals surface area contributed by atoms with Gasteiger partial charge < -0.3 is 20.9 Å². The Morgan fingerprint density at radius 2 is 1.31 bits per heavy atom. The number of rotatable bonds is 5. The second-order valence-electron chi connectivity index (χ2n) is 7.12. The molecule has 32 heavy (non-hydrogen) atoms. The normalized spacial score (nSPS) is 11.5. The van der Waals surface area contributed by atoms with E-state index in [2.05, 4.69) is 62.0 Å². The van der Waals surface area contributed by atoms with E-state index in [1.165, 1.54) is 38.9 Å². The minimum atomic E-state index is 0.351. The highest BCUT2D eigenvalue weighted by Gasteiger charge is 2.09. The number of hydrogen-bond donors (Lipinski definition) is 3. The Balaban J connectivity index is 0.000000193. The molecule has 4 nitrogen and oxygen atoms in total. The lowest BCUT2D eigenvalue weighted by atomic mass is 10.0. The van der Waals surface area contributed by atoms with Gasteiger partial charge in [-0.15, -0.1) is 24.4 Å². The van der Waals surface area contributed by atoms with Gasteiger partial charge in [-0.05, 0) is 46.2 Å². The van der Waals surface area contributed by atoms with Crippen LogP contribution in [-0.4, -0.2) is 14.2 Å². The smallest absolute Gasteiger partial charge is 0.123 e. The number of aryl methyl sites for hydroxylation is 1. The number of hydrogen-bond acceptors (Lipinski definition) is 6. The summed E-state index contributed by atoms with van der Waals surface area (Å²) < 4.78 is 10.7. The lowest BCUT2D eigenvalue weighted by Gasteiger charge is -2.12. The van der Waals surface area contributed by atoms with E-state index in [1.807, 2.05) is 30.3 Å². The van der Waals surface area contributed by atoms with Gasteiger partial charge in [0.1, 0.15) is 11.5 Å². The molecular weight excluding hydrogens is 436 g/mol. The van der Waals surface area contributed by atoms with E-state index in [4.69, 9.17) is 20.9 Å². The van der Waals surface area contributed by atoms with Crippen LogP contribution in [0, 0.1) is 6.92 Å². The third-order valence-corrected chi connectivity index (χ3v) is 6.57. The Morgan fingerprint density at radius 3 is 1.91 bits per heavy atom. The van der Waals surface area contributed by atoms with Crippen LogP contribution in [0.15, 0.2) is 82.9 Å². The molecule has 0 radical (unpaired) electrons. The molecular formula is C26H28N2O2S2. The molecule has 0 saturated carbocycles. The molecule has 0 saturated heterocycles. The summed E-state index contributed by atoms with van der Waals surface area (Å²) in [5.74, 6) is 2.51. The third-order valence-electron chi connectivity index (χ3n) is 5.21. The first-order valence-corrected chi connectivity index (χ1v) is 11.5. The number of fused-ring (bicyclic) bond motifs is 2. The van der Waals surface area contributed by atoms with Gasteiger partial charge in [-0.3, -0.25) is 0 Å². The molecule has 0 aliphatic rings. The van der Waals surface area contributed by atoms with Gasteiger partial charge in [0.2, 0.25) is 0 Å². The summed E-state index contributed by atoms with van der Waals surface area (Å²) in [5.41, 5.74) is 13.7. The monoisotopic (exact) mass is 464 g/mol. The largest absolute Gasteiger partial charge is 0.496 e. The molecule has 4 N–H and O–H groups in total. The molecule has 0 unspecified atom stereocenters. The van der Waals surface area contributed by atoms with E-state index in [0.717, 1.165) is 17.1 Å². The van der Waals surface area contributed by atoms with E-state index in [9.17, 15) is 0 Å². The predicted octanol–water partition coefficient (Wildman–Crippen LogP) is 6.21. The van der Waals surface area contributed by atoms with Gasteiger partial charge in [-0.2, -0.15) is 0 Å². The van der Waals surface area contributed by atoms with Gasteiger partial charge in [0.05, 0.1) is 24.3 Å². The fourth-order valence-electron chi connectivity index (χ4n) is 3.51. The summed E-state index contributed by atoms with van der Waals surface area (Å²) in [7, 11) is 3.38. The first kappa shape index (κ1) is 23.7. The van der Waals surface area contributed by atoms with Gasteiger partial charge >= 0.3 is 0 Å². The van der Waals surface area contributed by atoms with E-state index in [-0.39, 0.29) is 0 Å². The van der Waals surface area contributed by atoms with Crippen molar-refractivity contribution in [1.82, 2.24) is 0 Å². The van der Waals surface area contributed by atoms with Crippen molar-refractivity contribution in [3.63, 3.8) is 0 Å². The average Bonchev–Trinajstić information content (AvgIpc) is 2.83. The highest BCUT2D eigenvalue weighted by Crippen LogP contribution is 2.33. The van der Waals surface area contributed by atoms with E-state index in [0.29, 0.717) is 15.8 Å². The highest BCUT2D eigenvalue weighted by molar-refractivity contribution is 8.03. The molecule has 0 aliphatic heterocycles. The third kappa shape index (κ3) is 5.44. The Morgan fingerprint density at radius 1 is 0.781 bits per heavy atom. The minimum Gasteiger partial charge on any atom is -0.496 e. The molecule has 4 rings (SSSR count). The van der Waals surface area contributed by atoms with Crippen molar-refractivity contribution in [2.75, 3.05) is 14.2 Å². The van der Waals surface area contributed by atoms with Crippen molar-refractivity contribution in [2.24, 2.45) is 11.5 Å². The summed E-state index contributed by atoms with van der Waals surface area (Å²) in [5, 5.41) is 5.75. The molecule has 0 bridgehead atoms. The van der Waals surface area contributed by atoms with E-state index < -0.39 is 0 Å². The zero-order chi connectivity index (χ0) is 23.1. The van der Waals surface area contributed by atoms with Crippen LogP contribution in [-0.2, 0) is 5.75 Å². The van der Waals surface area contributed by atoms with Gasteiger partial charge in [-0.25, -0.2) is 0 Å². The molecule has 0 atom stereocenters. The standard InChI is InChI=1S/C14H16N2OS2.C12H12O/c1-17-12-7-6-9-4-2-3-5-10(9)11(12)8-19-14(16)13(15)18;1-9-11-6-4-3-5-10(11)7-8-12(9)13-2/h2-7,18H,8,15-16H2,1H3;3-8H,1-2H3/b14-13+;. The number of methoxy groups -OCH3 is 2. The minimum absolute atomic E-state index is 0.351. The molecule has 4 aromatic rings. The first-order valence-electron chi connectivity index (χ1n) is 10.1. The maximum atomic E-state index is 5.80. The van der Waals surface area contributed by atoms with Gasteiger partial charge in [0, 0.05) is 11.3 Å². The lowest BCUT2D eigenvalue weighted by Crippen LogP contribution is -2.02. The highest BCUT2D eigenvalue weighted by atomic mass is 32.2. The first-order chi connectivity index (χ1) is 15.5. The van der Waals surface area contributed by atoms with Crippen molar-refractivity contribution in [1.29, 1.82) is 0 Å². The maximum Gasteiger partial charge on any atom is 0.123 e. The van der Waals surface area contributed by atoms with Gasteiger partial charge in [0.25, 0.3) is 0 Å². The quantitative estimate of drug-likeness (QED) is 0.306. The maximum absolute atomic E-state index is 5.80. The fourth-order valence-corrected chi connectivity index (χ4v) is 4.45. The molecule has 166 valence electrons. The van der Waals surface area contributed by atoms with Crippen molar-refractivity contribution in [2.45, 2.75) is 12.7 Å². The zero-order valence-electron chi connectivity index (χ0n) is 18.5. The number of ether oxygens (including phenoxy) is 2. The molecule has 6 heteroatoms. The Hall–Kier alpha value is -2.96. The van der Waals surface area contributed by atoms with Crippen LogP contribution in [0.2, 0.25) is 0 Å². The predicted molar refractivity (Wildman–Crippen MR) is 141 cm³/mol. The van der Waals surface area contributed by atoms with Crippen LogP contribution in [0.5, 0.6) is 11.5 Å². The molecule has 0 aliphatic carbocycles.